The molecule has 0 saturated heterocycles. The summed E-state index contributed by atoms with van der Waals surface area (Å²) in [7, 11) is 0. The van der Waals surface area contributed by atoms with E-state index in [0.29, 0.717) is 6.04 Å². The minimum atomic E-state index is 0.530. The van der Waals surface area contributed by atoms with Crippen LogP contribution >= 0.6 is 27.3 Å². The average molecular weight is 316 g/mol. The average Bonchev–Trinajstić information content (AvgIpc) is 2.89. The summed E-state index contributed by atoms with van der Waals surface area (Å²) in [5, 5.41) is 2.92. The minimum absolute atomic E-state index is 0.530. The zero-order chi connectivity index (χ0) is 12.4. The van der Waals surface area contributed by atoms with E-state index in [4.69, 9.17) is 4.98 Å². The standard InChI is InChI=1S/C12H18BrN3S/c1-4-9(3)15(5-2)11-10(8-13)16-6-7-17-12(16)14-11/h6-7,9H,4-5,8H2,1-3H3. The van der Waals surface area contributed by atoms with Crippen LogP contribution < -0.4 is 4.90 Å². The molecule has 2 rings (SSSR count). The molecule has 0 spiro atoms. The fourth-order valence-electron chi connectivity index (χ4n) is 2.07. The highest BCUT2D eigenvalue weighted by atomic mass is 79.9. The summed E-state index contributed by atoms with van der Waals surface area (Å²) in [6.45, 7) is 7.67. The number of hydrogen-bond acceptors (Lipinski definition) is 3. The number of rotatable bonds is 5. The predicted molar refractivity (Wildman–Crippen MR) is 78.5 cm³/mol. The van der Waals surface area contributed by atoms with E-state index in [-0.39, 0.29) is 0 Å². The third-order valence-corrected chi connectivity index (χ3v) is 4.49. The summed E-state index contributed by atoms with van der Waals surface area (Å²) in [6, 6.07) is 0.530. The number of aromatic nitrogens is 2. The van der Waals surface area contributed by atoms with Gasteiger partial charge in [-0.1, -0.05) is 22.9 Å². The molecule has 3 nitrogen and oxygen atoms in total. The van der Waals surface area contributed by atoms with Crippen molar-refractivity contribution in [2.24, 2.45) is 0 Å². The zero-order valence-corrected chi connectivity index (χ0v) is 12.9. The summed E-state index contributed by atoms with van der Waals surface area (Å²) in [4.78, 5) is 8.23. The molecule has 2 aromatic rings. The Morgan fingerprint density at radius 2 is 2.29 bits per heavy atom. The van der Waals surface area contributed by atoms with Crippen molar-refractivity contribution in [3.63, 3.8) is 0 Å². The van der Waals surface area contributed by atoms with Gasteiger partial charge in [0.15, 0.2) is 10.8 Å². The lowest BCUT2D eigenvalue weighted by Gasteiger charge is -2.28. The van der Waals surface area contributed by atoms with Crippen molar-refractivity contribution in [3.05, 3.63) is 17.3 Å². The first kappa shape index (κ1) is 12.9. The predicted octanol–water partition coefficient (Wildman–Crippen LogP) is 3.92. The van der Waals surface area contributed by atoms with Gasteiger partial charge in [0.1, 0.15) is 0 Å². The summed E-state index contributed by atoms with van der Waals surface area (Å²) >= 11 is 5.27. The molecule has 2 heterocycles. The molecule has 0 aliphatic heterocycles. The Morgan fingerprint density at radius 3 is 2.88 bits per heavy atom. The van der Waals surface area contributed by atoms with Gasteiger partial charge in [-0.05, 0) is 20.3 Å². The van der Waals surface area contributed by atoms with Crippen LogP contribution in [0.1, 0.15) is 32.9 Å². The summed E-state index contributed by atoms with van der Waals surface area (Å²) in [5.74, 6) is 1.13. The Labute approximate surface area is 115 Å². The molecule has 0 fully saturated rings. The van der Waals surface area contributed by atoms with E-state index >= 15 is 0 Å². The smallest absolute Gasteiger partial charge is 0.195 e. The Kier molecular flexibility index (Phi) is 4.09. The lowest BCUT2D eigenvalue weighted by molar-refractivity contribution is 0.622. The highest BCUT2D eigenvalue weighted by Gasteiger charge is 2.20. The largest absolute Gasteiger partial charge is 0.353 e. The first-order valence-electron chi connectivity index (χ1n) is 5.99. The van der Waals surface area contributed by atoms with Crippen LogP contribution in [0.25, 0.3) is 4.96 Å². The molecule has 0 amide bonds. The third kappa shape index (κ3) is 2.22. The fourth-order valence-corrected chi connectivity index (χ4v) is 3.31. The van der Waals surface area contributed by atoms with Gasteiger partial charge in [-0.2, -0.15) is 0 Å². The Morgan fingerprint density at radius 1 is 1.53 bits per heavy atom. The van der Waals surface area contributed by atoms with Gasteiger partial charge in [-0.25, -0.2) is 4.98 Å². The molecule has 0 saturated carbocycles. The van der Waals surface area contributed by atoms with Crippen LogP contribution in [0.5, 0.6) is 0 Å². The van der Waals surface area contributed by atoms with Gasteiger partial charge < -0.3 is 4.90 Å². The van der Waals surface area contributed by atoms with Crippen LogP contribution in [-0.4, -0.2) is 22.0 Å². The van der Waals surface area contributed by atoms with Crippen molar-refractivity contribution in [1.29, 1.82) is 0 Å². The molecule has 0 bridgehead atoms. The Bertz CT molecular complexity index is 491. The van der Waals surface area contributed by atoms with Gasteiger partial charge in [0.25, 0.3) is 0 Å². The fraction of sp³-hybridized carbons (Fsp3) is 0.583. The molecule has 0 N–H and O–H groups in total. The third-order valence-electron chi connectivity index (χ3n) is 3.20. The SMILES string of the molecule is CCC(C)N(CC)c1nc2sccn2c1CBr. The normalized spacial score (nSPS) is 13.2. The second-order valence-corrected chi connectivity index (χ2v) is 5.55. The number of fused-ring (bicyclic) bond motifs is 1. The molecule has 0 radical (unpaired) electrons. The molecule has 0 aliphatic carbocycles. The van der Waals surface area contributed by atoms with E-state index < -0.39 is 0 Å². The molecule has 5 heteroatoms. The molecule has 94 valence electrons. The van der Waals surface area contributed by atoms with E-state index in [0.717, 1.165) is 29.1 Å². The van der Waals surface area contributed by atoms with Crippen LogP contribution in [0.3, 0.4) is 0 Å². The van der Waals surface area contributed by atoms with Gasteiger partial charge in [0, 0.05) is 29.5 Å². The van der Waals surface area contributed by atoms with E-state index in [2.05, 4.69) is 57.6 Å². The maximum atomic E-state index is 4.76. The quantitative estimate of drug-likeness (QED) is 0.780. The summed E-state index contributed by atoms with van der Waals surface area (Å²) in [6.07, 6.45) is 3.23. The van der Waals surface area contributed by atoms with Crippen molar-refractivity contribution < 1.29 is 0 Å². The van der Waals surface area contributed by atoms with Crippen LogP contribution in [0, 0.1) is 0 Å². The van der Waals surface area contributed by atoms with E-state index in [1.54, 1.807) is 11.3 Å². The molecule has 0 aliphatic rings. The van der Waals surface area contributed by atoms with Crippen LogP contribution in [0.4, 0.5) is 5.82 Å². The highest BCUT2D eigenvalue weighted by molar-refractivity contribution is 9.08. The number of halogens is 1. The first-order valence-corrected chi connectivity index (χ1v) is 8.00. The number of imidazole rings is 1. The number of alkyl halides is 1. The van der Waals surface area contributed by atoms with Crippen molar-refractivity contribution in [3.8, 4) is 0 Å². The summed E-state index contributed by atoms with van der Waals surface area (Å²) in [5.41, 5.74) is 1.25. The van der Waals surface area contributed by atoms with E-state index in [1.165, 1.54) is 5.69 Å². The van der Waals surface area contributed by atoms with Gasteiger partial charge in [-0.3, -0.25) is 4.40 Å². The molecule has 2 aromatic heterocycles. The molecule has 0 aromatic carbocycles. The molecular weight excluding hydrogens is 298 g/mol. The molecule has 1 unspecified atom stereocenters. The van der Waals surface area contributed by atoms with Crippen LogP contribution in [0.2, 0.25) is 0 Å². The maximum absolute atomic E-state index is 4.76. The van der Waals surface area contributed by atoms with Gasteiger partial charge >= 0.3 is 0 Å². The number of nitrogens with zero attached hydrogens (tertiary/aromatic N) is 3. The topological polar surface area (TPSA) is 20.5 Å². The van der Waals surface area contributed by atoms with Gasteiger partial charge in [-0.15, -0.1) is 11.3 Å². The van der Waals surface area contributed by atoms with Crippen molar-refractivity contribution in [2.75, 3.05) is 11.4 Å². The maximum Gasteiger partial charge on any atom is 0.195 e. The number of thiazole rings is 1. The van der Waals surface area contributed by atoms with E-state index in [1.807, 2.05) is 0 Å². The van der Waals surface area contributed by atoms with Gasteiger partial charge in [0.05, 0.1) is 5.69 Å². The highest BCUT2D eigenvalue weighted by Crippen LogP contribution is 2.28. The molecular formula is C12H18BrN3S. The summed E-state index contributed by atoms with van der Waals surface area (Å²) < 4.78 is 2.18. The second-order valence-electron chi connectivity index (χ2n) is 4.11. The van der Waals surface area contributed by atoms with Crippen molar-refractivity contribution in [2.45, 2.75) is 38.6 Å². The van der Waals surface area contributed by atoms with Crippen LogP contribution in [-0.2, 0) is 5.33 Å². The van der Waals surface area contributed by atoms with Crippen molar-refractivity contribution >= 4 is 38.0 Å². The second kappa shape index (κ2) is 5.40. The Hall–Kier alpha value is -0.550. The monoisotopic (exact) mass is 315 g/mol. The molecule has 17 heavy (non-hydrogen) atoms. The van der Waals surface area contributed by atoms with Crippen molar-refractivity contribution in [1.82, 2.24) is 9.38 Å². The first-order chi connectivity index (χ1) is 8.22. The lowest BCUT2D eigenvalue weighted by atomic mass is 10.2. The number of anilines is 1. The van der Waals surface area contributed by atoms with E-state index in [9.17, 15) is 0 Å². The zero-order valence-electron chi connectivity index (χ0n) is 10.5. The minimum Gasteiger partial charge on any atom is -0.353 e. The number of hydrogen-bond donors (Lipinski definition) is 0. The Balaban J connectivity index is 2.48. The molecule has 1 atom stereocenters. The lowest BCUT2D eigenvalue weighted by Crippen LogP contribution is -2.33. The van der Waals surface area contributed by atoms with Crippen LogP contribution in [0.15, 0.2) is 11.6 Å². The van der Waals surface area contributed by atoms with Gasteiger partial charge in [0.2, 0.25) is 0 Å².